The molecule has 0 aliphatic heterocycles. The number of aromatic nitrogens is 4. The van der Waals surface area contributed by atoms with Crippen molar-refractivity contribution in [2.24, 2.45) is 5.73 Å². The van der Waals surface area contributed by atoms with Crippen LogP contribution >= 0.6 is 0 Å². The molecule has 178 valence electrons. The number of rotatable bonds is 7. The second kappa shape index (κ2) is 9.72. The lowest BCUT2D eigenvalue weighted by Gasteiger charge is -2.36. The van der Waals surface area contributed by atoms with Gasteiger partial charge in [0.25, 0.3) is 11.8 Å². The third-order valence-corrected chi connectivity index (χ3v) is 6.75. The first-order chi connectivity index (χ1) is 16.4. The zero-order valence-corrected chi connectivity index (χ0v) is 19.8. The summed E-state index contributed by atoms with van der Waals surface area (Å²) in [7, 11) is 3.25. The lowest BCUT2D eigenvalue weighted by atomic mass is 9.67. The first kappa shape index (κ1) is 23.6. The van der Waals surface area contributed by atoms with E-state index in [-0.39, 0.29) is 17.9 Å². The summed E-state index contributed by atoms with van der Waals surface area (Å²) >= 11 is 0. The molecular weight excluding hydrogens is 430 g/mol. The first-order valence-corrected chi connectivity index (χ1v) is 11.6. The highest BCUT2D eigenvalue weighted by molar-refractivity contribution is 5.95. The van der Waals surface area contributed by atoms with Gasteiger partial charge in [0.1, 0.15) is 0 Å². The largest absolute Gasteiger partial charge is 0.355 e. The molecule has 1 aliphatic carbocycles. The van der Waals surface area contributed by atoms with Gasteiger partial charge in [0.05, 0.1) is 5.41 Å². The average molecular weight is 462 g/mol. The van der Waals surface area contributed by atoms with E-state index < -0.39 is 5.41 Å². The molecule has 3 aromatic rings. The summed E-state index contributed by atoms with van der Waals surface area (Å²) in [5.74, 6) is 0.325. The van der Waals surface area contributed by atoms with Gasteiger partial charge < -0.3 is 16.4 Å². The molecule has 5 N–H and O–H groups in total. The number of tetrazole rings is 1. The van der Waals surface area contributed by atoms with Crippen molar-refractivity contribution in [3.8, 4) is 0 Å². The zero-order valence-electron chi connectivity index (χ0n) is 19.8. The Balaban J connectivity index is 2.01. The Hall–Kier alpha value is -3.59. The molecule has 1 atom stereocenters. The van der Waals surface area contributed by atoms with E-state index in [2.05, 4.69) is 38.2 Å². The number of fused-ring (bicyclic) bond motifs is 2. The van der Waals surface area contributed by atoms with Crippen molar-refractivity contribution in [2.75, 3.05) is 14.1 Å². The van der Waals surface area contributed by atoms with Crippen LogP contribution in [0.25, 0.3) is 0 Å². The van der Waals surface area contributed by atoms with Crippen LogP contribution in [-0.2, 0) is 18.3 Å². The molecule has 9 nitrogen and oxygen atoms in total. The Labute approximate surface area is 198 Å². The first-order valence-electron chi connectivity index (χ1n) is 11.6. The maximum atomic E-state index is 12.4. The van der Waals surface area contributed by atoms with Gasteiger partial charge in [-0.1, -0.05) is 25.5 Å². The topological polar surface area (TPSA) is 139 Å². The molecule has 1 aromatic heterocycles. The smallest absolute Gasteiger partial charge is 0.251 e. The Bertz CT molecular complexity index is 1120. The number of nitrogens with one attached hydrogen (secondary N) is 3. The van der Waals surface area contributed by atoms with E-state index in [0.29, 0.717) is 36.2 Å². The lowest BCUT2D eigenvalue weighted by molar-refractivity contribution is 0.0955. The Kier molecular flexibility index (Phi) is 6.74. The molecule has 0 radical (unpaired) electrons. The van der Waals surface area contributed by atoms with Crippen LogP contribution in [0.4, 0.5) is 0 Å². The van der Waals surface area contributed by atoms with Crippen LogP contribution in [-0.4, -0.2) is 52.6 Å². The molecule has 9 heteroatoms. The molecule has 1 heterocycles. The van der Waals surface area contributed by atoms with Gasteiger partial charge >= 0.3 is 0 Å². The molecule has 1 unspecified atom stereocenters. The summed E-state index contributed by atoms with van der Waals surface area (Å²) in [6.45, 7) is 2.11. The van der Waals surface area contributed by atoms with Gasteiger partial charge in [-0.15, -0.1) is 5.10 Å². The molecule has 0 fully saturated rings. The fourth-order valence-corrected chi connectivity index (χ4v) is 5.20. The van der Waals surface area contributed by atoms with Crippen LogP contribution in [0.1, 0.15) is 75.0 Å². The monoisotopic (exact) mass is 461 g/mol. The molecular formula is C25H31N7O2. The van der Waals surface area contributed by atoms with Crippen LogP contribution in [0.2, 0.25) is 0 Å². The lowest BCUT2D eigenvalue weighted by Crippen LogP contribution is -2.39. The van der Waals surface area contributed by atoms with Crippen LogP contribution in [0.5, 0.6) is 0 Å². The highest BCUT2D eigenvalue weighted by atomic mass is 16.2. The van der Waals surface area contributed by atoms with Gasteiger partial charge in [0.15, 0.2) is 5.82 Å². The third-order valence-electron chi connectivity index (χ3n) is 6.75. The maximum Gasteiger partial charge on any atom is 0.251 e. The van der Waals surface area contributed by atoms with E-state index in [4.69, 9.17) is 5.73 Å². The molecule has 2 aromatic carbocycles. The Morgan fingerprint density at radius 1 is 1.03 bits per heavy atom. The van der Waals surface area contributed by atoms with Gasteiger partial charge in [-0.05, 0) is 82.6 Å². The van der Waals surface area contributed by atoms with E-state index in [1.165, 1.54) is 0 Å². The number of H-pyrrole nitrogens is 1. The summed E-state index contributed by atoms with van der Waals surface area (Å²) in [5.41, 5.74) is 11.2. The van der Waals surface area contributed by atoms with E-state index in [1.807, 2.05) is 36.4 Å². The SMILES string of the molecule is CCCC(N)CC1(c2nnn[nH]2)c2ccc(C(=O)NC)cc2CCc2cc(C(=O)NC)ccc21. The predicted octanol–water partition coefficient (Wildman–Crippen LogP) is 1.87. The van der Waals surface area contributed by atoms with Crippen LogP contribution < -0.4 is 16.4 Å². The van der Waals surface area contributed by atoms with Crippen molar-refractivity contribution in [1.29, 1.82) is 0 Å². The molecule has 0 spiro atoms. The number of hydrogen-bond acceptors (Lipinski definition) is 6. The number of hydrogen-bond donors (Lipinski definition) is 4. The second-order valence-corrected chi connectivity index (χ2v) is 8.81. The minimum Gasteiger partial charge on any atom is -0.355 e. The number of nitrogens with zero attached hydrogens (tertiary/aromatic N) is 3. The quantitative estimate of drug-likeness (QED) is 0.424. The third kappa shape index (κ3) is 4.07. The van der Waals surface area contributed by atoms with Crippen LogP contribution in [0, 0.1) is 0 Å². The number of nitrogens with two attached hydrogens (primary N) is 1. The van der Waals surface area contributed by atoms with Gasteiger partial charge in [-0.25, -0.2) is 5.10 Å². The number of aryl methyl sites for hydroxylation is 2. The summed E-state index contributed by atoms with van der Waals surface area (Å²) in [4.78, 5) is 24.8. The standard InChI is InChI=1S/C25H31N7O2/c1-4-5-19(26)14-25(24-29-31-32-30-24)20-10-8-17(22(33)27-2)12-15(20)6-7-16-13-18(23(34)28-3)9-11-21(16)25/h8-13,19H,4-7,14,26H2,1-3H3,(H,27,33)(H,28,34)(H,29,30,31,32). The van der Waals surface area contributed by atoms with E-state index >= 15 is 0 Å². The fraction of sp³-hybridized carbons (Fsp3) is 0.400. The summed E-state index contributed by atoms with van der Waals surface area (Å²) in [5, 5.41) is 20.6. The molecule has 0 bridgehead atoms. The van der Waals surface area contributed by atoms with Crippen LogP contribution in [0.15, 0.2) is 36.4 Å². The second-order valence-electron chi connectivity index (χ2n) is 8.81. The van der Waals surface area contributed by atoms with Crippen molar-refractivity contribution in [3.05, 3.63) is 75.6 Å². The van der Waals surface area contributed by atoms with E-state index in [9.17, 15) is 9.59 Å². The molecule has 34 heavy (non-hydrogen) atoms. The van der Waals surface area contributed by atoms with Gasteiger partial charge in [-0.2, -0.15) is 0 Å². The number of carbonyl (C=O) groups is 2. The molecule has 0 saturated heterocycles. The highest BCUT2D eigenvalue weighted by Gasteiger charge is 2.45. The maximum absolute atomic E-state index is 12.4. The van der Waals surface area contributed by atoms with Crippen molar-refractivity contribution in [2.45, 2.75) is 50.5 Å². The molecule has 1 aliphatic rings. The zero-order chi connectivity index (χ0) is 24.3. The normalized spacial score (nSPS) is 14.9. The summed E-state index contributed by atoms with van der Waals surface area (Å²) in [6.07, 6.45) is 3.79. The van der Waals surface area contributed by atoms with Gasteiger partial charge in [-0.3, -0.25) is 9.59 Å². The molecule has 4 rings (SSSR count). The fourth-order valence-electron chi connectivity index (χ4n) is 5.20. The minimum atomic E-state index is -0.748. The number of carbonyl (C=O) groups excluding carboxylic acids is 2. The van der Waals surface area contributed by atoms with Gasteiger partial charge in [0.2, 0.25) is 0 Å². The average Bonchev–Trinajstić information content (AvgIpc) is 3.36. The molecule has 0 saturated carbocycles. The van der Waals surface area contributed by atoms with E-state index in [0.717, 1.165) is 35.1 Å². The van der Waals surface area contributed by atoms with E-state index in [1.54, 1.807) is 14.1 Å². The number of amides is 2. The predicted molar refractivity (Wildman–Crippen MR) is 129 cm³/mol. The van der Waals surface area contributed by atoms with Crippen molar-refractivity contribution >= 4 is 11.8 Å². The Morgan fingerprint density at radius 3 is 2.03 bits per heavy atom. The minimum absolute atomic E-state index is 0.105. The van der Waals surface area contributed by atoms with Crippen molar-refractivity contribution < 1.29 is 9.59 Å². The highest BCUT2D eigenvalue weighted by Crippen LogP contribution is 2.47. The van der Waals surface area contributed by atoms with Crippen LogP contribution in [0.3, 0.4) is 0 Å². The summed E-state index contributed by atoms with van der Waals surface area (Å²) < 4.78 is 0. The van der Waals surface area contributed by atoms with Crippen molar-refractivity contribution in [3.63, 3.8) is 0 Å². The summed E-state index contributed by atoms with van der Waals surface area (Å²) in [6, 6.07) is 11.5. The Morgan fingerprint density at radius 2 is 1.59 bits per heavy atom. The van der Waals surface area contributed by atoms with Crippen molar-refractivity contribution in [1.82, 2.24) is 31.3 Å². The number of benzene rings is 2. The number of aromatic amines is 1. The van der Waals surface area contributed by atoms with Gasteiger partial charge in [0, 0.05) is 31.3 Å². The molecule has 2 amide bonds.